The number of carbonyl (C=O) groups is 1. The van der Waals surface area contributed by atoms with Crippen molar-refractivity contribution in [2.75, 3.05) is 24.5 Å². The Kier molecular flexibility index (Phi) is 5.63. The van der Waals surface area contributed by atoms with E-state index in [-0.39, 0.29) is 18.9 Å². The third-order valence-electron chi connectivity index (χ3n) is 5.34. The van der Waals surface area contributed by atoms with Crippen LogP contribution >= 0.6 is 0 Å². The van der Waals surface area contributed by atoms with E-state index in [0.29, 0.717) is 23.5 Å². The molecule has 0 aromatic heterocycles. The van der Waals surface area contributed by atoms with Crippen LogP contribution in [0, 0.1) is 0 Å². The van der Waals surface area contributed by atoms with Crippen LogP contribution in [0.5, 0.6) is 5.75 Å². The Balaban J connectivity index is 1.30. The second kappa shape index (κ2) is 8.36. The molecule has 30 heavy (non-hydrogen) atoms. The molecule has 4 rings (SSSR count). The largest absolute Gasteiger partial charge is 0.497 e. The Morgan fingerprint density at radius 3 is 2.50 bits per heavy atom. The highest BCUT2D eigenvalue weighted by molar-refractivity contribution is 7.93. The molecule has 156 valence electrons. The number of anilines is 1. The summed E-state index contributed by atoms with van der Waals surface area (Å²) in [5.41, 5.74) is 1.81. The van der Waals surface area contributed by atoms with Crippen molar-refractivity contribution in [2.45, 2.75) is 24.2 Å². The van der Waals surface area contributed by atoms with Crippen molar-refractivity contribution in [3.63, 3.8) is 0 Å². The number of rotatable bonds is 8. The van der Waals surface area contributed by atoms with Crippen LogP contribution in [0.25, 0.3) is 10.8 Å². The predicted octanol–water partition coefficient (Wildman–Crippen LogP) is 3.50. The van der Waals surface area contributed by atoms with Crippen molar-refractivity contribution in [3.8, 4) is 5.75 Å². The summed E-state index contributed by atoms with van der Waals surface area (Å²) in [6.07, 6.45) is 1.46. The van der Waals surface area contributed by atoms with Crippen LogP contribution in [0.15, 0.2) is 65.6 Å². The van der Waals surface area contributed by atoms with E-state index in [1.807, 2.05) is 48.5 Å². The minimum absolute atomic E-state index is 0.0733. The second-order valence-electron chi connectivity index (χ2n) is 7.26. The van der Waals surface area contributed by atoms with Gasteiger partial charge in [0.1, 0.15) is 5.75 Å². The van der Waals surface area contributed by atoms with E-state index in [1.54, 1.807) is 19.2 Å². The number of sulfonamides is 1. The molecule has 7 heteroatoms. The Hall–Kier alpha value is -3.06. The fourth-order valence-corrected chi connectivity index (χ4v) is 5.56. The molecule has 1 aliphatic rings. The Morgan fingerprint density at radius 2 is 1.77 bits per heavy atom. The first-order valence-electron chi connectivity index (χ1n) is 9.95. The summed E-state index contributed by atoms with van der Waals surface area (Å²) >= 11 is 0. The van der Waals surface area contributed by atoms with E-state index in [9.17, 15) is 13.2 Å². The van der Waals surface area contributed by atoms with Gasteiger partial charge in [-0.2, -0.15) is 0 Å². The highest BCUT2D eigenvalue weighted by atomic mass is 32.2. The molecule has 0 unspecified atom stereocenters. The first-order chi connectivity index (χ1) is 14.5. The summed E-state index contributed by atoms with van der Waals surface area (Å²) in [6.45, 7) is 0.819. The lowest BCUT2D eigenvalue weighted by atomic mass is 10.1. The van der Waals surface area contributed by atoms with Gasteiger partial charge in [0, 0.05) is 24.9 Å². The van der Waals surface area contributed by atoms with Crippen LogP contribution in [0.4, 0.5) is 5.69 Å². The molecule has 3 aromatic rings. The Morgan fingerprint density at radius 1 is 1.03 bits per heavy atom. The molecule has 1 aliphatic heterocycles. The fourth-order valence-electron chi connectivity index (χ4n) is 3.81. The molecule has 0 fully saturated rings. The minimum Gasteiger partial charge on any atom is -0.497 e. The van der Waals surface area contributed by atoms with E-state index in [2.05, 4.69) is 5.32 Å². The van der Waals surface area contributed by atoms with Crippen molar-refractivity contribution in [1.82, 2.24) is 5.32 Å². The molecule has 1 amide bonds. The maximum Gasteiger partial charge on any atom is 0.265 e. The zero-order chi connectivity index (χ0) is 21.1. The minimum atomic E-state index is -3.56. The lowest BCUT2D eigenvalue weighted by Crippen LogP contribution is -2.30. The van der Waals surface area contributed by atoms with Crippen LogP contribution in [0.1, 0.15) is 18.4 Å². The van der Waals surface area contributed by atoms with Gasteiger partial charge in [0.15, 0.2) is 0 Å². The van der Waals surface area contributed by atoms with Crippen LogP contribution < -0.4 is 14.4 Å². The Bertz CT molecular complexity index is 1170. The lowest BCUT2D eigenvalue weighted by molar-refractivity contribution is -0.121. The van der Waals surface area contributed by atoms with E-state index in [4.69, 9.17) is 4.74 Å². The van der Waals surface area contributed by atoms with E-state index in [0.717, 1.165) is 28.5 Å². The van der Waals surface area contributed by atoms with Crippen LogP contribution in [0.3, 0.4) is 0 Å². The molecule has 0 saturated carbocycles. The topological polar surface area (TPSA) is 75.7 Å². The second-order valence-corrected chi connectivity index (χ2v) is 9.09. The zero-order valence-electron chi connectivity index (χ0n) is 16.8. The molecule has 1 heterocycles. The van der Waals surface area contributed by atoms with E-state index < -0.39 is 10.0 Å². The number of benzene rings is 3. The van der Waals surface area contributed by atoms with Crippen molar-refractivity contribution in [2.24, 2.45) is 0 Å². The third-order valence-corrected chi connectivity index (χ3v) is 7.20. The number of ether oxygens (including phenoxy) is 1. The number of hydrogen-bond acceptors (Lipinski definition) is 4. The molecule has 6 nitrogen and oxygen atoms in total. The summed E-state index contributed by atoms with van der Waals surface area (Å²) < 4.78 is 32.4. The summed E-state index contributed by atoms with van der Waals surface area (Å²) in [5, 5.41) is 4.58. The molecule has 0 aliphatic carbocycles. The molecule has 0 radical (unpaired) electrons. The van der Waals surface area contributed by atoms with Gasteiger partial charge in [0.05, 0.1) is 17.7 Å². The fraction of sp³-hybridized carbons (Fsp3) is 0.261. The van der Waals surface area contributed by atoms with E-state index in [1.165, 1.54) is 4.31 Å². The average molecular weight is 425 g/mol. The van der Waals surface area contributed by atoms with Gasteiger partial charge in [-0.3, -0.25) is 9.10 Å². The van der Waals surface area contributed by atoms with Crippen molar-refractivity contribution < 1.29 is 17.9 Å². The third kappa shape index (κ3) is 3.85. The SMILES string of the molecule is COc1ccc(CCNC(=O)CCCN2c3cccc4cccc(c34)S2(=O)=O)cc1. The highest BCUT2D eigenvalue weighted by Crippen LogP contribution is 2.41. The smallest absolute Gasteiger partial charge is 0.265 e. The molecule has 0 bridgehead atoms. The first-order valence-corrected chi connectivity index (χ1v) is 11.4. The highest BCUT2D eigenvalue weighted by Gasteiger charge is 2.34. The number of nitrogens with zero attached hydrogens (tertiary/aromatic N) is 1. The van der Waals surface area contributed by atoms with Crippen LogP contribution in [0.2, 0.25) is 0 Å². The number of nitrogens with one attached hydrogen (secondary N) is 1. The predicted molar refractivity (Wildman–Crippen MR) is 117 cm³/mol. The molecule has 0 spiro atoms. The van der Waals surface area contributed by atoms with Crippen molar-refractivity contribution in [3.05, 3.63) is 66.2 Å². The van der Waals surface area contributed by atoms with Crippen molar-refractivity contribution >= 4 is 32.4 Å². The number of amides is 1. The summed E-state index contributed by atoms with van der Waals surface area (Å²) in [7, 11) is -1.94. The molecule has 0 saturated heterocycles. The van der Waals surface area contributed by atoms with Gasteiger partial charge in [0.25, 0.3) is 10.0 Å². The standard InChI is InChI=1S/C23H24N2O4S/c1-29-19-12-10-17(11-13-19)14-15-24-22(26)9-4-16-25-20-7-2-5-18-6-3-8-21(23(18)20)30(25,27)28/h2-3,5-8,10-13H,4,9,14-16H2,1H3,(H,24,26). The monoisotopic (exact) mass is 424 g/mol. The summed E-state index contributed by atoms with van der Waals surface area (Å²) in [4.78, 5) is 12.5. The van der Waals surface area contributed by atoms with Crippen LogP contribution in [-0.4, -0.2) is 34.5 Å². The molecular weight excluding hydrogens is 400 g/mol. The molecule has 0 atom stereocenters. The maximum absolute atomic E-state index is 12.9. The number of methoxy groups -OCH3 is 1. The molecule has 1 N–H and O–H groups in total. The van der Waals surface area contributed by atoms with Gasteiger partial charge in [-0.1, -0.05) is 36.4 Å². The van der Waals surface area contributed by atoms with Gasteiger partial charge < -0.3 is 10.1 Å². The number of hydrogen-bond donors (Lipinski definition) is 1. The maximum atomic E-state index is 12.9. The van der Waals surface area contributed by atoms with Gasteiger partial charge >= 0.3 is 0 Å². The lowest BCUT2D eigenvalue weighted by Gasteiger charge is -2.18. The summed E-state index contributed by atoms with van der Waals surface area (Å²) in [6, 6.07) is 18.7. The zero-order valence-corrected chi connectivity index (χ0v) is 17.6. The Labute approximate surface area is 176 Å². The molecular formula is C23H24N2O4S. The average Bonchev–Trinajstić information content (AvgIpc) is 2.97. The van der Waals surface area contributed by atoms with Gasteiger partial charge in [-0.25, -0.2) is 8.42 Å². The first kappa shape index (κ1) is 20.2. The van der Waals surface area contributed by atoms with Crippen molar-refractivity contribution in [1.29, 1.82) is 0 Å². The van der Waals surface area contributed by atoms with Gasteiger partial charge in [-0.05, 0) is 48.1 Å². The quantitative estimate of drug-likeness (QED) is 0.601. The van der Waals surface area contributed by atoms with Crippen LogP contribution in [-0.2, 0) is 21.2 Å². The van der Waals surface area contributed by atoms with Gasteiger partial charge in [0.2, 0.25) is 5.91 Å². The summed E-state index contributed by atoms with van der Waals surface area (Å²) in [5.74, 6) is 0.730. The normalized spacial score (nSPS) is 14.1. The molecule has 3 aromatic carbocycles. The van der Waals surface area contributed by atoms with E-state index >= 15 is 0 Å². The number of carbonyl (C=O) groups excluding carboxylic acids is 1. The van der Waals surface area contributed by atoms with Gasteiger partial charge in [-0.15, -0.1) is 0 Å².